The smallest absolute Gasteiger partial charge is 0.192 e. The molecule has 0 fully saturated rings. The SMILES string of the molecule is C=CCn1c(SCc2cccc(Cl)c2)nnc1-c1csc(C(C)C)c1. The van der Waals surface area contributed by atoms with E-state index in [0.29, 0.717) is 12.5 Å². The molecular weight excluding hydrogens is 370 g/mol. The van der Waals surface area contributed by atoms with Crippen molar-refractivity contribution in [1.82, 2.24) is 14.8 Å². The summed E-state index contributed by atoms with van der Waals surface area (Å²) in [4.78, 5) is 1.36. The number of nitrogens with zero attached hydrogens (tertiary/aromatic N) is 3. The number of aromatic nitrogens is 3. The molecule has 25 heavy (non-hydrogen) atoms. The second-order valence-electron chi connectivity index (χ2n) is 6.02. The summed E-state index contributed by atoms with van der Waals surface area (Å²) in [5, 5.41) is 12.6. The van der Waals surface area contributed by atoms with Crippen LogP contribution in [0.4, 0.5) is 0 Å². The van der Waals surface area contributed by atoms with Crippen molar-refractivity contribution in [3.8, 4) is 11.4 Å². The molecule has 6 heteroatoms. The Hall–Kier alpha value is -1.56. The van der Waals surface area contributed by atoms with E-state index in [2.05, 4.69) is 52.7 Å². The molecule has 2 heterocycles. The van der Waals surface area contributed by atoms with Crippen LogP contribution in [0.25, 0.3) is 11.4 Å². The molecule has 130 valence electrons. The van der Waals surface area contributed by atoms with E-state index in [-0.39, 0.29) is 0 Å². The van der Waals surface area contributed by atoms with Crippen LogP contribution in [-0.4, -0.2) is 14.8 Å². The first kappa shape index (κ1) is 18.2. The van der Waals surface area contributed by atoms with Crippen molar-refractivity contribution in [1.29, 1.82) is 0 Å². The summed E-state index contributed by atoms with van der Waals surface area (Å²) < 4.78 is 2.12. The summed E-state index contributed by atoms with van der Waals surface area (Å²) in [6.07, 6.45) is 1.88. The standard InChI is InChI=1S/C19H20ClN3S2/c1-4-8-23-18(15-10-17(13(2)3)24-12-15)21-22-19(23)25-11-14-6-5-7-16(20)9-14/h4-7,9-10,12-13H,1,8,11H2,2-3H3. The molecule has 3 aromatic rings. The Morgan fingerprint density at radius 2 is 2.16 bits per heavy atom. The van der Waals surface area contributed by atoms with Gasteiger partial charge in [-0.15, -0.1) is 28.1 Å². The van der Waals surface area contributed by atoms with Gasteiger partial charge in [-0.05, 0) is 29.7 Å². The number of allylic oxidation sites excluding steroid dienone is 1. The van der Waals surface area contributed by atoms with Crippen LogP contribution < -0.4 is 0 Å². The average molecular weight is 390 g/mol. The van der Waals surface area contributed by atoms with Crippen molar-refractivity contribution in [2.24, 2.45) is 0 Å². The number of thiophene rings is 1. The third-order valence-electron chi connectivity index (χ3n) is 3.73. The third kappa shape index (κ3) is 4.35. The van der Waals surface area contributed by atoms with Gasteiger partial charge in [0.1, 0.15) is 0 Å². The lowest BCUT2D eigenvalue weighted by atomic mass is 10.1. The van der Waals surface area contributed by atoms with Gasteiger partial charge in [0, 0.05) is 33.1 Å². The zero-order valence-corrected chi connectivity index (χ0v) is 16.7. The zero-order valence-electron chi connectivity index (χ0n) is 14.3. The Morgan fingerprint density at radius 1 is 1.32 bits per heavy atom. The Morgan fingerprint density at radius 3 is 2.84 bits per heavy atom. The van der Waals surface area contributed by atoms with Gasteiger partial charge in [-0.3, -0.25) is 4.57 Å². The van der Waals surface area contributed by atoms with E-state index in [1.165, 1.54) is 10.4 Å². The molecule has 1 aromatic carbocycles. The predicted octanol–water partition coefficient (Wildman–Crippen LogP) is 6.26. The predicted molar refractivity (Wildman–Crippen MR) is 109 cm³/mol. The number of rotatable bonds is 7. The Kier molecular flexibility index (Phi) is 5.99. The van der Waals surface area contributed by atoms with Gasteiger partial charge in [-0.1, -0.05) is 55.4 Å². The summed E-state index contributed by atoms with van der Waals surface area (Å²) in [5.41, 5.74) is 2.29. The van der Waals surface area contributed by atoms with Gasteiger partial charge in [-0.2, -0.15) is 0 Å². The summed E-state index contributed by atoms with van der Waals surface area (Å²) in [6, 6.07) is 10.1. The van der Waals surface area contributed by atoms with Crippen LogP contribution in [0.1, 0.15) is 30.2 Å². The fourth-order valence-electron chi connectivity index (χ4n) is 2.45. The molecule has 0 aliphatic carbocycles. The normalized spacial score (nSPS) is 11.2. The van der Waals surface area contributed by atoms with Crippen LogP contribution in [0.2, 0.25) is 5.02 Å². The minimum Gasteiger partial charge on any atom is -0.298 e. The van der Waals surface area contributed by atoms with Crippen molar-refractivity contribution in [3.63, 3.8) is 0 Å². The summed E-state index contributed by atoms with van der Waals surface area (Å²) in [7, 11) is 0. The van der Waals surface area contributed by atoms with Gasteiger partial charge in [-0.25, -0.2) is 0 Å². The van der Waals surface area contributed by atoms with Crippen LogP contribution in [0.3, 0.4) is 0 Å². The highest BCUT2D eigenvalue weighted by atomic mass is 35.5. The molecular formula is C19H20ClN3S2. The molecule has 3 nitrogen and oxygen atoms in total. The lowest BCUT2D eigenvalue weighted by Crippen LogP contribution is -2.00. The van der Waals surface area contributed by atoms with Crippen LogP contribution >= 0.6 is 34.7 Å². The summed E-state index contributed by atoms with van der Waals surface area (Å²) in [6.45, 7) is 8.97. The van der Waals surface area contributed by atoms with Crippen LogP contribution in [0, 0.1) is 0 Å². The summed E-state index contributed by atoms with van der Waals surface area (Å²) in [5.74, 6) is 2.22. The molecule has 0 unspecified atom stereocenters. The van der Waals surface area contributed by atoms with Gasteiger partial charge in [0.05, 0.1) is 0 Å². The van der Waals surface area contributed by atoms with Crippen molar-refractivity contribution in [3.05, 3.63) is 63.8 Å². The van der Waals surface area contributed by atoms with Crippen molar-refractivity contribution < 1.29 is 0 Å². The van der Waals surface area contributed by atoms with Gasteiger partial charge in [0.2, 0.25) is 0 Å². The zero-order chi connectivity index (χ0) is 17.8. The summed E-state index contributed by atoms with van der Waals surface area (Å²) >= 11 is 9.50. The Balaban J connectivity index is 1.84. The van der Waals surface area contributed by atoms with Crippen molar-refractivity contribution in [2.75, 3.05) is 0 Å². The largest absolute Gasteiger partial charge is 0.298 e. The molecule has 0 saturated heterocycles. The number of halogens is 1. The Bertz CT molecular complexity index is 867. The van der Waals surface area contributed by atoms with Crippen LogP contribution in [0.5, 0.6) is 0 Å². The molecule has 3 rings (SSSR count). The monoisotopic (exact) mass is 389 g/mol. The van der Waals surface area contributed by atoms with Gasteiger partial charge < -0.3 is 0 Å². The first-order valence-corrected chi connectivity index (χ1v) is 10.3. The highest BCUT2D eigenvalue weighted by Crippen LogP contribution is 2.32. The second kappa shape index (κ2) is 8.21. The minimum atomic E-state index is 0.520. The number of hydrogen-bond donors (Lipinski definition) is 0. The fraction of sp³-hybridized carbons (Fsp3) is 0.263. The van der Waals surface area contributed by atoms with E-state index >= 15 is 0 Å². The molecule has 0 aliphatic heterocycles. The quantitative estimate of drug-likeness (QED) is 0.353. The van der Waals surface area contributed by atoms with E-state index in [4.69, 9.17) is 11.6 Å². The van der Waals surface area contributed by atoms with Gasteiger partial charge >= 0.3 is 0 Å². The van der Waals surface area contributed by atoms with E-state index in [9.17, 15) is 0 Å². The van der Waals surface area contributed by atoms with Gasteiger partial charge in [0.25, 0.3) is 0 Å². The van der Waals surface area contributed by atoms with E-state index in [1.807, 2.05) is 24.3 Å². The van der Waals surface area contributed by atoms with E-state index in [0.717, 1.165) is 27.3 Å². The average Bonchev–Trinajstić information content (AvgIpc) is 3.20. The molecule has 0 spiro atoms. The third-order valence-corrected chi connectivity index (χ3v) is 6.24. The molecule has 0 bridgehead atoms. The highest BCUT2D eigenvalue weighted by Gasteiger charge is 2.16. The highest BCUT2D eigenvalue weighted by molar-refractivity contribution is 7.98. The first-order valence-electron chi connectivity index (χ1n) is 8.08. The van der Waals surface area contributed by atoms with Crippen molar-refractivity contribution >= 4 is 34.7 Å². The van der Waals surface area contributed by atoms with E-state index < -0.39 is 0 Å². The number of benzene rings is 1. The maximum Gasteiger partial charge on any atom is 0.192 e. The topological polar surface area (TPSA) is 30.7 Å². The molecule has 0 radical (unpaired) electrons. The van der Waals surface area contributed by atoms with Crippen LogP contribution in [-0.2, 0) is 12.3 Å². The second-order valence-corrected chi connectivity index (χ2v) is 8.34. The van der Waals surface area contributed by atoms with Gasteiger partial charge in [0.15, 0.2) is 11.0 Å². The maximum absolute atomic E-state index is 6.07. The van der Waals surface area contributed by atoms with E-state index in [1.54, 1.807) is 23.1 Å². The minimum absolute atomic E-state index is 0.520. The number of hydrogen-bond acceptors (Lipinski definition) is 4. The molecule has 0 amide bonds. The maximum atomic E-state index is 6.07. The molecule has 0 N–H and O–H groups in total. The lowest BCUT2D eigenvalue weighted by molar-refractivity contribution is 0.731. The molecule has 0 aliphatic rings. The van der Waals surface area contributed by atoms with Crippen LogP contribution in [0.15, 0.2) is 53.5 Å². The molecule has 0 saturated carbocycles. The molecule has 2 aromatic heterocycles. The Labute approximate surface area is 161 Å². The fourth-order valence-corrected chi connectivity index (χ4v) is 4.46. The number of thioether (sulfide) groups is 1. The lowest BCUT2D eigenvalue weighted by Gasteiger charge is -2.07. The first-order chi connectivity index (χ1) is 12.1. The molecule has 0 atom stereocenters. The van der Waals surface area contributed by atoms with Crippen molar-refractivity contribution in [2.45, 2.75) is 37.2 Å².